The molecule has 0 saturated carbocycles. The van der Waals surface area contributed by atoms with Crippen LogP contribution in [0.3, 0.4) is 0 Å². The number of carbonyl (C=O) groups excluding carboxylic acids is 2. The Kier molecular flexibility index (Phi) is 7.14. The van der Waals surface area contributed by atoms with Crippen LogP contribution in [0.2, 0.25) is 0 Å². The van der Waals surface area contributed by atoms with Gasteiger partial charge < -0.3 is 16.4 Å². The number of piperidine rings is 1. The number of thiazole rings is 1. The molecule has 0 spiro atoms. The van der Waals surface area contributed by atoms with E-state index < -0.39 is 6.04 Å². The Balaban J connectivity index is 1.75. The minimum Gasteiger partial charge on any atom is -0.346 e. The lowest BCUT2D eigenvalue weighted by atomic mass is 10.1. The minimum atomic E-state index is -0.603. The number of hydrogen-bond acceptors (Lipinski definition) is 6. The number of likely N-dealkylation sites (tertiary alicyclic amines) is 1. The zero-order valence-electron chi connectivity index (χ0n) is 14.4. The molecule has 0 unspecified atom stereocenters. The van der Waals surface area contributed by atoms with Gasteiger partial charge in [0.25, 0.3) is 0 Å². The highest BCUT2D eigenvalue weighted by Gasteiger charge is 2.18. The largest absolute Gasteiger partial charge is 0.346 e. The first kappa shape index (κ1) is 18.8. The Morgan fingerprint density at radius 3 is 2.71 bits per heavy atom. The van der Waals surface area contributed by atoms with Gasteiger partial charge in [0.2, 0.25) is 11.8 Å². The Hall–Kier alpha value is -1.51. The number of rotatable bonds is 7. The average molecular weight is 353 g/mol. The molecular formula is C16H27N5O2S. The van der Waals surface area contributed by atoms with Gasteiger partial charge in [0.1, 0.15) is 0 Å². The Bertz CT molecular complexity index is 554. The predicted octanol–water partition coefficient (Wildman–Crippen LogP) is 1.17. The van der Waals surface area contributed by atoms with Crippen LogP contribution < -0.4 is 16.4 Å². The van der Waals surface area contributed by atoms with Crippen molar-refractivity contribution in [1.29, 1.82) is 0 Å². The van der Waals surface area contributed by atoms with Gasteiger partial charge >= 0.3 is 0 Å². The van der Waals surface area contributed by atoms with E-state index in [4.69, 9.17) is 5.73 Å². The highest BCUT2D eigenvalue weighted by molar-refractivity contribution is 7.13. The van der Waals surface area contributed by atoms with E-state index in [0.717, 1.165) is 25.3 Å². The summed E-state index contributed by atoms with van der Waals surface area (Å²) >= 11 is 1.40. The lowest BCUT2D eigenvalue weighted by Gasteiger charge is -2.25. The summed E-state index contributed by atoms with van der Waals surface area (Å²) in [6, 6.07) is -0.603. The maximum absolute atomic E-state index is 11.9. The summed E-state index contributed by atoms with van der Waals surface area (Å²) in [7, 11) is 0. The molecule has 0 bridgehead atoms. The molecule has 0 aromatic carbocycles. The van der Waals surface area contributed by atoms with Crippen LogP contribution in [0.15, 0.2) is 5.38 Å². The van der Waals surface area contributed by atoms with Crippen molar-refractivity contribution < 1.29 is 9.59 Å². The normalized spacial score (nSPS) is 16.8. The third-order valence-corrected chi connectivity index (χ3v) is 4.88. The molecule has 1 aliphatic heterocycles. The topological polar surface area (TPSA) is 100 Å². The Labute approximate surface area is 147 Å². The van der Waals surface area contributed by atoms with Crippen molar-refractivity contribution in [1.82, 2.24) is 15.2 Å². The van der Waals surface area contributed by atoms with E-state index in [1.807, 2.05) is 19.2 Å². The van der Waals surface area contributed by atoms with Gasteiger partial charge in [-0.15, -0.1) is 11.3 Å². The molecule has 1 saturated heterocycles. The minimum absolute atomic E-state index is 0.0318. The molecule has 1 atom stereocenters. The number of anilines is 1. The highest BCUT2D eigenvalue weighted by atomic mass is 32.1. The maximum atomic E-state index is 11.9. The number of hydrogen-bond donors (Lipinski definition) is 3. The summed E-state index contributed by atoms with van der Waals surface area (Å²) < 4.78 is 0. The molecule has 24 heavy (non-hydrogen) atoms. The van der Waals surface area contributed by atoms with E-state index in [-0.39, 0.29) is 24.3 Å². The van der Waals surface area contributed by atoms with Crippen LogP contribution >= 0.6 is 11.3 Å². The average Bonchev–Trinajstić information content (AvgIpc) is 2.99. The standard InChI is InChI=1S/C16H27N5O2S/c1-11(2)14(17)15(23)18-8-13(22)20-16-19-12(10-24-16)9-21-6-4-3-5-7-21/h10-11,14H,3-9,17H2,1-2H3,(H,18,23)(H,19,20,22)/t14-/m0/s1. The van der Waals surface area contributed by atoms with Crippen LogP contribution in [-0.2, 0) is 16.1 Å². The number of nitrogens with one attached hydrogen (secondary N) is 2. The number of aromatic nitrogens is 1. The number of nitrogens with two attached hydrogens (primary N) is 1. The van der Waals surface area contributed by atoms with Gasteiger partial charge in [-0.25, -0.2) is 4.98 Å². The van der Waals surface area contributed by atoms with Crippen molar-refractivity contribution in [2.75, 3.05) is 25.0 Å². The first-order chi connectivity index (χ1) is 11.5. The summed E-state index contributed by atoms with van der Waals surface area (Å²) in [6.45, 7) is 6.68. The molecule has 1 aliphatic rings. The molecule has 134 valence electrons. The quantitative estimate of drug-likeness (QED) is 0.683. The van der Waals surface area contributed by atoms with Gasteiger partial charge in [0, 0.05) is 11.9 Å². The van der Waals surface area contributed by atoms with Gasteiger partial charge in [-0.05, 0) is 31.8 Å². The van der Waals surface area contributed by atoms with E-state index in [1.54, 1.807) is 0 Å². The predicted molar refractivity (Wildman–Crippen MR) is 95.7 cm³/mol. The van der Waals surface area contributed by atoms with Crippen molar-refractivity contribution in [3.8, 4) is 0 Å². The molecule has 1 fully saturated rings. The van der Waals surface area contributed by atoms with Crippen LogP contribution in [0, 0.1) is 5.92 Å². The second kappa shape index (κ2) is 9.10. The fourth-order valence-electron chi connectivity index (χ4n) is 2.54. The number of carbonyl (C=O) groups is 2. The molecule has 7 nitrogen and oxygen atoms in total. The van der Waals surface area contributed by atoms with Gasteiger partial charge in [0.05, 0.1) is 18.3 Å². The third-order valence-electron chi connectivity index (χ3n) is 4.08. The van der Waals surface area contributed by atoms with Crippen molar-refractivity contribution in [3.05, 3.63) is 11.1 Å². The van der Waals surface area contributed by atoms with Crippen LogP contribution in [0.25, 0.3) is 0 Å². The Morgan fingerprint density at radius 1 is 1.33 bits per heavy atom. The maximum Gasteiger partial charge on any atom is 0.245 e. The zero-order chi connectivity index (χ0) is 17.5. The molecule has 2 rings (SSSR count). The molecule has 1 aromatic heterocycles. The monoisotopic (exact) mass is 353 g/mol. The molecule has 1 aromatic rings. The van der Waals surface area contributed by atoms with Crippen molar-refractivity contribution in [2.24, 2.45) is 11.7 Å². The fourth-order valence-corrected chi connectivity index (χ4v) is 3.25. The van der Waals surface area contributed by atoms with Crippen LogP contribution in [0.5, 0.6) is 0 Å². The van der Waals surface area contributed by atoms with E-state index in [0.29, 0.717) is 5.13 Å². The van der Waals surface area contributed by atoms with E-state index in [9.17, 15) is 9.59 Å². The van der Waals surface area contributed by atoms with Crippen molar-refractivity contribution in [3.63, 3.8) is 0 Å². The van der Waals surface area contributed by atoms with E-state index in [2.05, 4.69) is 20.5 Å². The molecular weight excluding hydrogens is 326 g/mol. The first-order valence-electron chi connectivity index (χ1n) is 8.45. The van der Waals surface area contributed by atoms with Gasteiger partial charge in [-0.1, -0.05) is 20.3 Å². The van der Waals surface area contributed by atoms with E-state index in [1.165, 1.54) is 30.6 Å². The van der Waals surface area contributed by atoms with Crippen LogP contribution in [-0.4, -0.2) is 47.4 Å². The first-order valence-corrected chi connectivity index (χ1v) is 9.33. The summed E-state index contributed by atoms with van der Waals surface area (Å²) in [5.74, 6) is -0.576. The number of nitrogens with zero attached hydrogens (tertiary/aromatic N) is 2. The lowest BCUT2D eigenvalue weighted by molar-refractivity contribution is -0.125. The van der Waals surface area contributed by atoms with Crippen molar-refractivity contribution >= 4 is 28.3 Å². The molecule has 4 N–H and O–H groups in total. The van der Waals surface area contributed by atoms with Gasteiger partial charge in [0.15, 0.2) is 5.13 Å². The lowest BCUT2D eigenvalue weighted by Crippen LogP contribution is -2.46. The van der Waals surface area contributed by atoms with Crippen LogP contribution in [0.4, 0.5) is 5.13 Å². The second-order valence-electron chi connectivity index (χ2n) is 6.52. The third kappa shape index (κ3) is 5.85. The fraction of sp³-hybridized carbons (Fsp3) is 0.688. The zero-order valence-corrected chi connectivity index (χ0v) is 15.2. The number of amides is 2. The summed E-state index contributed by atoms with van der Waals surface area (Å²) in [6.07, 6.45) is 3.79. The second-order valence-corrected chi connectivity index (χ2v) is 7.37. The SMILES string of the molecule is CC(C)[C@H](N)C(=O)NCC(=O)Nc1nc(CN2CCCCC2)cs1. The Morgan fingerprint density at radius 2 is 2.04 bits per heavy atom. The smallest absolute Gasteiger partial charge is 0.245 e. The molecule has 0 radical (unpaired) electrons. The summed E-state index contributed by atoms with van der Waals surface area (Å²) in [5.41, 5.74) is 6.71. The van der Waals surface area contributed by atoms with Crippen LogP contribution in [0.1, 0.15) is 38.8 Å². The van der Waals surface area contributed by atoms with Gasteiger partial charge in [-0.3, -0.25) is 14.5 Å². The molecule has 0 aliphatic carbocycles. The highest BCUT2D eigenvalue weighted by Crippen LogP contribution is 2.18. The summed E-state index contributed by atoms with van der Waals surface area (Å²) in [5, 5.41) is 7.80. The molecule has 8 heteroatoms. The summed E-state index contributed by atoms with van der Waals surface area (Å²) in [4.78, 5) is 30.5. The molecule has 2 amide bonds. The van der Waals surface area contributed by atoms with Crippen molar-refractivity contribution in [2.45, 2.75) is 45.7 Å². The molecule has 2 heterocycles. The van der Waals surface area contributed by atoms with E-state index >= 15 is 0 Å². The van der Waals surface area contributed by atoms with Gasteiger partial charge in [-0.2, -0.15) is 0 Å².